The topological polar surface area (TPSA) is 45.2 Å². The number of anilines is 1. The number of rotatable bonds is 1. The Morgan fingerprint density at radius 2 is 2.44 bits per heavy atom. The molecule has 0 saturated carbocycles. The zero-order valence-electron chi connectivity index (χ0n) is 9.15. The number of hydrogen-bond donors (Lipinski definition) is 1. The van der Waals surface area contributed by atoms with Gasteiger partial charge in [-0.3, -0.25) is 9.78 Å². The molecule has 0 aliphatic carbocycles. The number of carbonyl (C=O) groups excluding carboxylic acids is 1. The van der Waals surface area contributed by atoms with E-state index in [1.807, 2.05) is 17.0 Å². The number of pyridine rings is 1. The van der Waals surface area contributed by atoms with Crippen LogP contribution in [0.3, 0.4) is 0 Å². The summed E-state index contributed by atoms with van der Waals surface area (Å²) < 4.78 is 0. The van der Waals surface area contributed by atoms with Gasteiger partial charge in [0.15, 0.2) is 0 Å². The Bertz CT molecular complexity index is 398. The van der Waals surface area contributed by atoms with E-state index in [4.69, 9.17) is 0 Å². The van der Waals surface area contributed by atoms with E-state index >= 15 is 0 Å². The Morgan fingerprint density at radius 3 is 3.12 bits per heavy atom. The highest BCUT2D eigenvalue weighted by Crippen LogP contribution is 2.38. The predicted molar refractivity (Wildman–Crippen MR) is 61.1 cm³/mol. The molecule has 4 nitrogen and oxygen atoms in total. The third-order valence-corrected chi connectivity index (χ3v) is 3.61. The molecule has 2 fully saturated rings. The van der Waals surface area contributed by atoms with E-state index in [2.05, 4.69) is 10.3 Å². The standard InChI is InChI=1S/C12H15N3O/c16-11-6-12(3-5-14-8-12)9-15(11)10-2-1-4-13-7-10/h1-2,4,7,14H,3,5-6,8-9H2. The summed E-state index contributed by atoms with van der Waals surface area (Å²) in [5.41, 5.74) is 1.10. The average molecular weight is 217 g/mol. The van der Waals surface area contributed by atoms with Gasteiger partial charge in [0.05, 0.1) is 11.9 Å². The minimum Gasteiger partial charge on any atom is -0.316 e. The summed E-state index contributed by atoms with van der Waals surface area (Å²) in [4.78, 5) is 18.0. The average Bonchev–Trinajstić information content (AvgIpc) is 2.88. The Kier molecular flexibility index (Phi) is 2.17. The number of carbonyl (C=O) groups is 1. The molecule has 0 aromatic carbocycles. The van der Waals surface area contributed by atoms with Gasteiger partial charge in [-0.15, -0.1) is 0 Å². The summed E-state index contributed by atoms with van der Waals surface area (Å²) in [5, 5.41) is 3.35. The highest BCUT2D eigenvalue weighted by molar-refractivity contribution is 5.96. The second kappa shape index (κ2) is 3.56. The molecule has 1 aromatic heterocycles. The molecule has 1 unspecified atom stereocenters. The summed E-state index contributed by atoms with van der Waals surface area (Å²) in [7, 11) is 0. The van der Waals surface area contributed by atoms with E-state index in [9.17, 15) is 4.79 Å². The van der Waals surface area contributed by atoms with Gasteiger partial charge < -0.3 is 10.2 Å². The van der Waals surface area contributed by atoms with Crippen molar-refractivity contribution in [2.75, 3.05) is 24.5 Å². The first-order chi connectivity index (χ1) is 7.79. The lowest BCUT2D eigenvalue weighted by molar-refractivity contribution is -0.117. The molecule has 84 valence electrons. The first-order valence-electron chi connectivity index (χ1n) is 5.70. The van der Waals surface area contributed by atoms with Gasteiger partial charge in [0.2, 0.25) is 5.91 Å². The van der Waals surface area contributed by atoms with Crippen LogP contribution in [0.1, 0.15) is 12.8 Å². The molecular formula is C12H15N3O. The number of amides is 1. The lowest BCUT2D eigenvalue weighted by atomic mass is 9.86. The van der Waals surface area contributed by atoms with Crippen LogP contribution in [0.4, 0.5) is 5.69 Å². The van der Waals surface area contributed by atoms with Crippen LogP contribution in [0.25, 0.3) is 0 Å². The van der Waals surface area contributed by atoms with Crippen LogP contribution >= 0.6 is 0 Å². The van der Waals surface area contributed by atoms with Crippen molar-refractivity contribution >= 4 is 11.6 Å². The monoisotopic (exact) mass is 217 g/mol. The molecule has 2 aliphatic heterocycles. The van der Waals surface area contributed by atoms with Crippen LogP contribution in [-0.2, 0) is 4.79 Å². The molecule has 2 saturated heterocycles. The van der Waals surface area contributed by atoms with Crippen molar-refractivity contribution < 1.29 is 4.79 Å². The third-order valence-electron chi connectivity index (χ3n) is 3.61. The van der Waals surface area contributed by atoms with Gasteiger partial charge in [0.1, 0.15) is 0 Å². The maximum Gasteiger partial charge on any atom is 0.227 e. The SMILES string of the molecule is O=C1CC2(CCNC2)CN1c1cccnc1. The maximum atomic E-state index is 12.0. The van der Waals surface area contributed by atoms with Gasteiger partial charge in [-0.25, -0.2) is 0 Å². The first-order valence-corrected chi connectivity index (χ1v) is 5.70. The summed E-state index contributed by atoms with van der Waals surface area (Å²) in [6.45, 7) is 2.84. The van der Waals surface area contributed by atoms with Crippen molar-refractivity contribution in [2.24, 2.45) is 5.41 Å². The van der Waals surface area contributed by atoms with Crippen LogP contribution in [0.2, 0.25) is 0 Å². The summed E-state index contributed by atoms with van der Waals surface area (Å²) in [5.74, 6) is 0.233. The van der Waals surface area contributed by atoms with Crippen LogP contribution in [0.15, 0.2) is 24.5 Å². The predicted octanol–water partition coefficient (Wildman–Crippen LogP) is 0.798. The summed E-state index contributed by atoms with van der Waals surface area (Å²) >= 11 is 0. The van der Waals surface area contributed by atoms with Crippen LogP contribution in [-0.4, -0.2) is 30.5 Å². The zero-order chi connectivity index (χ0) is 11.0. The summed E-state index contributed by atoms with van der Waals surface area (Å²) in [6, 6.07) is 3.83. The third kappa shape index (κ3) is 1.50. The minimum atomic E-state index is 0.174. The van der Waals surface area contributed by atoms with Crippen molar-refractivity contribution in [3.8, 4) is 0 Å². The molecule has 2 aliphatic rings. The van der Waals surface area contributed by atoms with Crippen LogP contribution in [0, 0.1) is 5.41 Å². The fourth-order valence-electron chi connectivity index (χ4n) is 2.73. The fourth-order valence-corrected chi connectivity index (χ4v) is 2.73. The van der Waals surface area contributed by atoms with Crippen molar-refractivity contribution in [3.63, 3.8) is 0 Å². The highest BCUT2D eigenvalue weighted by Gasteiger charge is 2.45. The van der Waals surface area contributed by atoms with E-state index in [1.54, 1.807) is 12.4 Å². The van der Waals surface area contributed by atoms with Crippen molar-refractivity contribution in [1.82, 2.24) is 10.3 Å². The molecule has 3 rings (SSSR count). The molecule has 3 heterocycles. The number of nitrogens with zero attached hydrogens (tertiary/aromatic N) is 2. The molecule has 1 atom stereocenters. The molecule has 16 heavy (non-hydrogen) atoms. The lowest BCUT2D eigenvalue weighted by Gasteiger charge is -2.21. The molecular weight excluding hydrogens is 202 g/mol. The van der Waals surface area contributed by atoms with Gasteiger partial charge in [-0.2, -0.15) is 0 Å². The second-order valence-electron chi connectivity index (χ2n) is 4.79. The van der Waals surface area contributed by atoms with Gasteiger partial charge in [0, 0.05) is 31.1 Å². The van der Waals surface area contributed by atoms with Gasteiger partial charge in [0.25, 0.3) is 0 Å². The van der Waals surface area contributed by atoms with Crippen LogP contribution < -0.4 is 10.2 Å². The van der Waals surface area contributed by atoms with Crippen molar-refractivity contribution in [2.45, 2.75) is 12.8 Å². The molecule has 1 N–H and O–H groups in total. The fraction of sp³-hybridized carbons (Fsp3) is 0.500. The Hall–Kier alpha value is -1.42. The second-order valence-corrected chi connectivity index (χ2v) is 4.79. The molecule has 1 amide bonds. The first kappa shape index (κ1) is 9.78. The molecule has 0 bridgehead atoms. The largest absolute Gasteiger partial charge is 0.316 e. The Labute approximate surface area is 94.7 Å². The van der Waals surface area contributed by atoms with Crippen LogP contribution in [0.5, 0.6) is 0 Å². The number of aromatic nitrogens is 1. The van der Waals surface area contributed by atoms with Crippen molar-refractivity contribution in [1.29, 1.82) is 0 Å². The van der Waals surface area contributed by atoms with Gasteiger partial charge in [-0.05, 0) is 25.1 Å². The minimum absolute atomic E-state index is 0.174. The maximum absolute atomic E-state index is 12.0. The molecule has 4 heteroatoms. The van der Waals surface area contributed by atoms with E-state index in [-0.39, 0.29) is 11.3 Å². The van der Waals surface area contributed by atoms with E-state index < -0.39 is 0 Å². The Balaban J connectivity index is 1.86. The quantitative estimate of drug-likeness (QED) is 0.756. The van der Waals surface area contributed by atoms with Gasteiger partial charge >= 0.3 is 0 Å². The van der Waals surface area contributed by atoms with E-state index in [0.717, 1.165) is 31.7 Å². The van der Waals surface area contributed by atoms with E-state index in [1.165, 1.54) is 0 Å². The smallest absolute Gasteiger partial charge is 0.227 e. The number of hydrogen-bond acceptors (Lipinski definition) is 3. The van der Waals surface area contributed by atoms with Crippen molar-refractivity contribution in [3.05, 3.63) is 24.5 Å². The normalized spacial score (nSPS) is 29.2. The highest BCUT2D eigenvalue weighted by atomic mass is 16.2. The Morgan fingerprint density at radius 1 is 1.50 bits per heavy atom. The lowest BCUT2D eigenvalue weighted by Crippen LogP contribution is -2.29. The molecule has 1 spiro atoms. The number of nitrogens with one attached hydrogen (secondary N) is 1. The van der Waals surface area contributed by atoms with Gasteiger partial charge in [-0.1, -0.05) is 0 Å². The summed E-state index contributed by atoms with van der Waals surface area (Å²) in [6.07, 6.45) is 5.28. The molecule has 1 aromatic rings. The zero-order valence-corrected chi connectivity index (χ0v) is 9.15. The molecule has 0 radical (unpaired) electrons. The van der Waals surface area contributed by atoms with E-state index in [0.29, 0.717) is 6.42 Å².